The van der Waals surface area contributed by atoms with Gasteiger partial charge in [-0.25, -0.2) is 9.36 Å². The zero-order valence-corrected chi connectivity index (χ0v) is 35.6. The molecule has 3 atom stereocenters. The van der Waals surface area contributed by atoms with Crippen LogP contribution in [0.4, 0.5) is 0 Å². The third-order valence-corrected chi connectivity index (χ3v) is 9.77. The molecule has 3 unspecified atom stereocenters. The lowest BCUT2D eigenvalue weighted by Gasteiger charge is -2.18. The van der Waals surface area contributed by atoms with Crippen LogP contribution in [0.3, 0.4) is 0 Å². The molecule has 0 aromatic rings. The maximum Gasteiger partial charge on any atom is 0.472 e. The molecule has 0 aromatic carbocycles. The maximum atomic E-state index is 12.2. The van der Waals surface area contributed by atoms with E-state index in [1.54, 1.807) is 0 Å². The van der Waals surface area contributed by atoms with Gasteiger partial charge in [0.05, 0.1) is 13.2 Å². The molecular weight excluding hydrogens is 733 g/mol. The largest absolute Gasteiger partial charge is 0.480 e. The Morgan fingerprint density at radius 3 is 1.55 bits per heavy atom. The Kier molecular flexibility index (Phi) is 37.1. The number of hydrogen-bond acceptors (Lipinski definition) is 8. The molecule has 56 heavy (non-hydrogen) atoms. The van der Waals surface area contributed by atoms with Gasteiger partial charge in [-0.2, -0.15) is 0 Å². The van der Waals surface area contributed by atoms with Gasteiger partial charge in [0.15, 0.2) is 6.04 Å². The number of allylic oxidation sites excluding steroid dienone is 10. The fourth-order valence-corrected chi connectivity index (χ4v) is 6.29. The Labute approximate surface area is 338 Å². The number of nitrogens with one attached hydrogen (secondary N) is 1. The van der Waals surface area contributed by atoms with Crippen LogP contribution in [0.2, 0.25) is 0 Å². The second-order valence-electron chi connectivity index (χ2n) is 14.2. The fraction of sp³-hybridized carbons (Fsp3) is 0.705. The molecule has 0 aliphatic heterocycles. The first-order valence-electron chi connectivity index (χ1n) is 21.3. The molecule has 0 spiro atoms. The predicted molar refractivity (Wildman–Crippen MR) is 226 cm³/mol. The minimum atomic E-state index is -4.76. The number of phosphoric acid groups is 1. The number of carbonyl (C=O) groups excluding carboxylic acids is 2. The van der Waals surface area contributed by atoms with Crippen LogP contribution in [-0.4, -0.2) is 64.9 Å². The summed E-state index contributed by atoms with van der Waals surface area (Å²) in [6.45, 7) is 2.43. The smallest absolute Gasteiger partial charge is 0.472 e. The van der Waals surface area contributed by atoms with Crippen LogP contribution in [0, 0.1) is 0 Å². The van der Waals surface area contributed by atoms with Gasteiger partial charge in [-0.05, 0) is 57.8 Å². The summed E-state index contributed by atoms with van der Waals surface area (Å²) in [7, 11) is -4.76. The van der Waals surface area contributed by atoms with Crippen LogP contribution in [0.1, 0.15) is 168 Å². The number of carboxylic acids is 1. The molecule has 322 valence electrons. The third-order valence-electron chi connectivity index (χ3n) is 8.82. The van der Waals surface area contributed by atoms with E-state index in [0.29, 0.717) is 12.8 Å². The molecule has 0 aliphatic rings. The van der Waals surface area contributed by atoms with E-state index in [1.165, 1.54) is 44.9 Å². The van der Waals surface area contributed by atoms with E-state index in [1.807, 2.05) is 0 Å². The highest BCUT2D eigenvalue weighted by Gasteiger charge is 2.28. The predicted octanol–water partition coefficient (Wildman–Crippen LogP) is 10.8. The normalized spacial score (nSPS) is 14.4. The highest BCUT2D eigenvalue weighted by atomic mass is 31.2. The molecule has 0 aromatic heterocycles. The fourth-order valence-electron chi connectivity index (χ4n) is 5.52. The lowest BCUT2D eigenvalue weighted by Crippen LogP contribution is -2.43. The van der Waals surface area contributed by atoms with E-state index < -0.39 is 57.6 Å². The third kappa shape index (κ3) is 38.1. The SMILES string of the molecule is CC/C=C\C/C=C\C/C=C\C/C=C\C/C=C\CCCCCCCC(=O)OCC(O)COP(=O)(O)OCC(NC(=O)CCCCCCCCCCCCC)C(=O)O. The van der Waals surface area contributed by atoms with Gasteiger partial charge in [-0.15, -0.1) is 0 Å². The van der Waals surface area contributed by atoms with E-state index in [9.17, 15) is 34.1 Å². The molecule has 0 saturated carbocycles. The number of phosphoric ester groups is 1. The van der Waals surface area contributed by atoms with E-state index in [0.717, 1.165) is 83.5 Å². The summed E-state index contributed by atoms with van der Waals surface area (Å²) in [4.78, 5) is 45.8. The van der Waals surface area contributed by atoms with Crippen molar-refractivity contribution in [2.75, 3.05) is 19.8 Å². The van der Waals surface area contributed by atoms with Crippen molar-refractivity contribution >= 4 is 25.7 Å². The van der Waals surface area contributed by atoms with E-state index >= 15 is 0 Å². The summed E-state index contributed by atoms with van der Waals surface area (Å²) in [6.07, 6.45) is 43.9. The zero-order chi connectivity index (χ0) is 41.4. The first kappa shape index (κ1) is 53.2. The second-order valence-corrected chi connectivity index (χ2v) is 15.6. The minimum absolute atomic E-state index is 0.144. The minimum Gasteiger partial charge on any atom is -0.480 e. The van der Waals surface area contributed by atoms with Crippen molar-refractivity contribution in [3.05, 3.63) is 60.8 Å². The Morgan fingerprint density at radius 2 is 1.04 bits per heavy atom. The van der Waals surface area contributed by atoms with E-state index in [4.69, 9.17) is 13.8 Å². The second kappa shape index (κ2) is 39.0. The summed E-state index contributed by atoms with van der Waals surface area (Å²) in [5, 5.41) is 21.8. The van der Waals surface area contributed by atoms with Gasteiger partial charge in [-0.3, -0.25) is 18.6 Å². The number of ether oxygens (including phenoxy) is 1. The number of aliphatic carboxylic acids is 1. The van der Waals surface area contributed by atoms with Crippen molar-refractivity contribution in [3.63, 3.8) is 0 Å². The standard InChI is InChI=1S/C44H76NO10P/c1-3-5-7-9-11-13-15-16-17-18-19-20-21-22-23-24-26-28-30-32-34-36-43(48)53-37-40(46)38-54-56(51,52)55-39-41(44(49)50)45-42(47)35-33-31-29-27-25-14-12-10-8-6-4-2/h5,7,11,13,16-17,19-20,22-23,40-41,46H,3-4,6,8-10,12,14-15,18,21,24-39H2,1-2H3,(H,45,47)(H,49,50)(H,51,52)/b7-5-,13-11-,17-16-,20-19-,23-22-. The summed E-state index contributed by atoms with van der Waals surface area (Å²) >= 11 is 0. The van der Waals surface area contributed by atoms with Crippen LogP contribution in [0.25, 0.3) is 0 Å². The molecule has 0 aliphatic carbocycles. The topological polar surface area (TPSA) is 169 Å². The van der Waals surface area contributed by atoms with Gasteiger partial charge in [0.2, 0.25) is 5.91 Å². The molecule has 11 nitrogen and oxygen atoms in total. The molecule has 12 heteroatoms. The number of hydrogen-bond donors (Lipinski definition) is 4. The van der Waals surface area contributed by atoms with Crippen molar-refractivity contribution in [1.29, 1.82) is 0 Å². The molecule has 0 bridgehead atoms. The molecule has 4 N–H and O–H groups in total. The molecule has 0 fully saturated rings. The lowest BCUT2D eigenvalue weighted by molar-refractivity contribution is -0.147. The van der Waals surface area contributed by atoms with Crippen molar-refractivity contribution in [3.8, 4) is 0 Å². The zero-order valence-electron chi connectivity index (χ0n) is 34.7. The van der Waals surface area contributed by atoms with Crippen LogP contribution in [0.15, 0.2) is 60.8 Å². The Balaban J connectivity index is 3.93. The Bertz CT molecular complexity index is 1180. The molecule has 0 radical (unpaired) electrons. The van der Waals surface area contributed by atoms with Gasteiger partial charge < -0.3 is 25.2 Å². The first-order chi connectivity index (χ1) is 27.1. The van der Waals surface area contributed by atoms with Gasteiger partial charge in [0.25, 0.3) is 0 Å². The van der Waals surface area contributed by atoms with Gasteiger partial charge >= 0.3 is 19.8 Å². The van der Waals surface area contributed by atoms with Gasteiger partial charge in [0, 0.05) is 12.8 Å². The molecule has 0 saturated heterocycles. The Morgan fingerprint density at radius 1 is 0.589 bits per heavy atom. The monoisotopic (exact) mass is 810 g/mol. The molecule has 1 amide bonds. The van der Waals surface area contributed by atoms with Crippen LogP contribution >= 0.6 is 7.82 Å². The summed E-state index contributed by atoms with van der Waals surface area (Å²) in [6, 6.07) is -1.55. The summed E-state index contributed by atoms with van der Waals surface area (Å²) in [5.41, 5.74) is 0. The quantitative estimate of drug-likeness (QED) is 0.0203. The molecular formula is C44H76NO10P. The summed E-state index contributed by atoms with van der Waals surface area (Å²) < 4.78 is 26.8. The average molecular weight is 810 g/mol. The number of esters is 1. The molecule has 0 heterocycles. The van der Waals surface area contributed by atoms with Crippen LogP contribution in [0.5, 0.6) is 0 Å². The van der Waals surface area contributed by atoms with Crippen molar-refractivity contribution < 1.29 is 47.8 Å². The lowest BCUT2D eigenvalue weighted by atomic mass is 10.1. The summed E-state index contributed by atoms with van der Waals surface area (Å²) in [5.74, 6) is -2.40. The highest BCUT2D eigenvalue weighted by Crippen LogP contribution is 2.43. The highest BCUT2D eigenvalue weighted by molar-refractivity contribution is 7.47. The Hall–Kier alpha value is -2.82. The van der Waals surface area contributed by atoms with Crippen molar-refractivity contribution in [2.45, 2.75) is 180 Å². The van der Waals surface area contributed by atoms with Crippen molar-refractivity contribution in [1.82, 2.24) is 5.32 Å². The number of aliphatic hydroxyl groups excluding tert-OH is 1. The number of unbranched alkanes of at least 4 members (excludes halogenated alkanes) is 15. The number of rotatable bonds is 39. The maximum absolute atomic E-state index is 12.2. The molecule has 0 rings (SSSR count). The van der Waals surface area contributed by atoms with Crippen LogP contribution < -0.4 is 5.32 Å². The number of carbonyl (C=O) groups is 3. The van der Waals surface area contributed by atoms with Gasteiger partial charge in [-0.1, -0.05) is 158 Å². The van der Waals surface area contributed by atoms with Crippen molar-refractivity contribution in [2.24, 2.45) is 0 Å². The number of amides is 1. The van der Waals surface area contributed by atoms with Gasteiger partial charge in [0.1, 0.15) is 12.7 Å². The number of carboxylic acid groups (broad SMARTS) is 1. The first-order valence-corrected chi connectivity index (χ1v) is 22.8. The van der Waals surface area contributed by atoms with E-state index in [-0.39, 0.29) is 12.8 Å². The van der Waals surface area contributed by atoms with E-state index in [2.05, 4.69) is 79.9 Å². The van der Waals surface area contributed by atoms with Crippen LogP contribution in [-0.2, 0) is 32.7 Å². The number of aliphatic hydroxyl groups is 1. The average Bonchev–Trinajstić information content (AvgIpc) is 3.17.